The second-order valence-corrected chi connectivity index (χ2v) is 6.61. The molecule has 1 unspecified atom stereocenters. The molecule has 19 heavy (non-hydrogen) atoms. The fourth-order valence-electron chi connectivity index (χ4n) is 3.33. The Morgan fingerprint density at radius 2 is 1.84 bits per heavy atom. The smallest absolute Gasteiger partial charge is 0.154 e. The van der Waals surface area contributed by atoms with E-state index >= 15 is 0 Å². The SMILES string of the molecule is CC1CCn2nc(C3CCN(C(C)C)CC3)nc2C1. The summed E-state index contributed by atoms with van der Waals surface area (Å²) in [7, 11) is 0. The highest BCUT2D eigenvalue weighted by atomic mass is 15.4. The molecular formula is C15H26N4. The first kappa shape index (κ1) is 13.1. The average Bonchev–Trinajstić information content (AvgIpc) is 2.81. The van der Waals surface area contributed by atoms with E-state index in [0.717, 1.165) is 24.7 Å². The molecule has 1 aromatic heterocycles. The van der Waals surface area contributed by atoms with E-state index < -0.39 is 0 Å². The predicted octanol–water partition coefficient (Wildman–Crippen LogP) is 2.45. The zero-order chi connectivity index (χ0) is 13.4. The number of rotatable bonds is 2. The summed E-state index contributed by atoms with van der Waals surface area (Å²) < 4.78 is 2.16. The molecule has 2 aliphatic rings. The van der Waals surface area contributed by atoms with Gasteiger partial charge in [0.2, 0.25) is 0 Å². The topological polar surface area (TPSA) is 34.0 Å². The molecule has 106 valence electrons. The fourth-order valence-corrected chi connectivity index (χ4v) is 3.33. The van der Waals surface area contributed by atoms with Crippen molar-refractivity contribution >= 4 is 0 Å². The Labute approximate surface area is 116 Å². The molecular weight excluding hydrogens is 236 g/mol. The van der Waals surface area contributed by atoms with Crippen LogP contribution in [0.1, 0.15) is 57.6 Å². The van der Waals surface area contributed by atoms with Gasteiger partial charge in [0, 0.05) is 24.9 Å². The van der Waals surface area contributed by atoms with Crippen molar-refractivity contribution in [2.24, 2.45) is 5.92 Å². The van der Waals surface area contributed by atoms with Gasteiger partial charge < -0.3 is 4.90 Å². The van der Waals surface area contributed by atoms with Gasteiger partial charge in [-0.05, 0) is 52.1 Å². The van der Waals surface area contributed by atoms with Crippen LogP contribution in [0.25, 0.3) is 0 Å². The summed E-state index contributed by atoms with van der Waals surface area (Å²) in [6.07, 6.45) is 4.80. The molecule has 0 radical (unpaired) electrons. The van der Waals surface area contributed by atoms with Crippen molar-refractivity contribution in [2.45, 2.75) is 65.0 Å². The standard InChI is InChI=1S/C15H26N4/c1-11(2)18-7-5-13(6-8-18)15-16-14-10-12(3)4-9-19(14)17-15/h11-13H,4-10H2,1-3H3. The molecule has 0 saturated carbocycles. The molecule has 1 fully saturated rings. The molecule has 3 rings (SSSR count). The first-order valence-corrected chi connectivity index (χ1v) is 7.81. The lowest BCUT2D eigenvalue weighted by Crippen LogP contribution is -2.38. The largest absolute Gasteiger partial charge is 0.301 e. The minimum atomic E-state index is 0.586. The van der Waals surface area contributed by atoms with Gasteiger partial charge in [0.25, 0.3) is 0 Å². The molecule has 3 heterocycles. The van der Waals surface area contributed by atoms with Crippen molar-refractivity contribution in [3.05, 3.63) is 11.6 Å². The average molecular weight is 262 g/mol. The van der Waals surface area contributed by atoms with Crippen LogP contribution >= 0.6 is 0 Å². The third kappa shape index (κ3) is 2.69. The van der Waals surface area contributed by atoms with Crippen LogP contribution in [0.15, 0.2) is 0 Å². The highest BCUT2D eigenvalue weighted by molar-refractivity contribution is 5.03. The number of piperidine rings is 1. The van der Waals surface area contributed by atoms with Gasteiger partial charge in [0.1, 0.15) is 5.82 Å². The van der Waals surface area contributed by atoms with Gasteiger partial charge in [-0.15, -0.1) is 0 Å². The highest BCUT2D eigenvalue weighted by Gasteiger charge is 2.27. The number of hydrogen-bond donors (Lipinski definition) is 0. The van der Waals surface area contributed by atoms with Gasteiger partial charge in [-0.25, -0.2) is 9.67 Å². The van der Waals surface area contributed by atoms with E-state index in [-0.39, 0.29) is 0 Å². The van der Waals surface area contributed by atoms with E-state index in [9.17, 15) is 0 Å². The summed E-state index contributed by atoms with van der Waals surface area (Å²) in [6, 6.07) is 0.671. The van der Waals surface area contributed by atoms with Crippen molar-refractivity contribution in [1.82, 2.24) is 19.7 Å². The van der Waals surface area contributed by atoms with Crippen LogP contribution in [-0.2, 0) is 13.0 Å². The van der Waals surface area contributed by atoms with Gasteiger partial charge in [-0.1, -0.05) is 6.92 Å². The predicted molar refractivity (Wildman–Crippen MR) is 76.2 cm³/mol. The molecule has 4 heteroatoms. The van der Waals surface area contributed by atoms with Crippen molar-refractivity contribution in [3.8, 4) is 0 Å². The monoisotopic (exact) mass is 262 g/mol. The number of hydrogen-bond acceptors (Lipinski definition) is 3. The Morgan fingerprint density at radius 1 is 1.11 bits per heavy atom. The van der Waals surface area contributed by atoms with Crippen LogP contribution in [0.2, 0.25) is 0 Å². The molecule has 1 saturated heterocycles. The first-order valence-electron chi connectivity index (χ1n) is 7.81. The Morgan fingerprint density at radius 3 is 2.53 bits per heavy atom. The summed E-state index contributed by atoms with van der Waals surface area (Å²) in [6.45, 7) is 10.4. The van der Waals surface area contributed by atoms with E-state index in [0.29, 0.717) is 12.0 Å². The van der Waals surface area contributed by atoms with Crippen LogP contribution in [0.4, 0.5) is 0 Å². The normalized spacial score (nSPS) is 25.8. The zero-order valence-electron chi connectivity index (χ0n) is 12.5. The minimum absolute atomic E-state index is 0.586. The molecule has 0 aromatic carbocycles. The maximum Gasteiger partial charge on any atom is 0.154 e. The third-order valence-electron chi connectivity index (χ3n) is 4.75. The van der Waals surface area contributed by atoms with Crippen molar-refractivity contribution in [3.63, 3.8) is 0 Å². The van der Waals surface area contributed by atoms with Crippen LogP contribution in [0.3, 0.4) is 0 Å². The fraction of sp³-hybridized carbons (Fsp3) is 0.867. The lowest BCUT2D eigenvalue weighted by molar-refractivity contribution is 0.169. The van der Waals surface area contributed by atoms with Gasteiger partial charge in [-0.3, -0.25) is 0 Å². The maximum absolute atomic E-state index is 4.83. The van der Waals surface area contributed by atoms with Gasteiger partial charge in [-0.2, -0.15) is 5.10 Å². The molecule has 0 N–H and O–H groups in total. The van der Waals surface area contributed by atoms with Crippen LogP contribution in [0, 0.1) is 5.92 Å². The summed E-state index contributed by atoms with van der Waals surface area (Å²) in [5.74, 6) is 3.70. The van der Waals surface area contributed by atoms with E-state index in [4.69, 9.17) is 10.1 Å². The lowest BCUT2D eigenvalue weighted by atomic mass is 9.95. The molecule has 0 spiro atoms. The van der Waals surface area contributed by atoms with Crippen molar-refractivity contribution in [1.29, 1.82) is 0 Å². The molecule has 2 aliphatic heterocycles. The maximum atomic E-state index is 4.83. The number of likely N-dealkylation sites (tertiary alicyclic amines) is 1. The molecule has 0 amide bonds. The summed E-state index contributed by atoms with van der Waals surface area (Å²) in [4.78, 5) is 7.39. The van der Waals surface area contributed by atoms with E-state index in [1.54, 1.807) is 0 Å². The van der Waals surface area contributed by atoms with Crippen LogP contribution < -0.4 is 0 Å². The second kappa shape index (κ2) is 5.23. The summed E-state index contributed by atoms with van der Waals surface area (Å²) in [5, 5.41) is 4.77. The summed E-state index contributed by atoms with van der Waals surface area (Å²) in [5.41, 5.74) is 0. The minimum Gasteiger partial charge on any atom is -0.301 e. The van der Waals surface area contributed by atoms with E-state index in [2.05, 4.69) is 30.4 Å². The van der Waals surface area contributed by atoms with Crippen molar-refractivity contribution < 1.29 is 0 Å². The lowest BCUT2D eigenvalue weighted by Gasteiger charge is -2.33. The molecule has 1 atom stereocenters. The number of aromatic nitrogens is 3. The van der Waals surface area contributed by atoms with Crippen LogP contribution in [-0.4, -0.2) is 38.8 Å². The van der Waals surface area contributed by atoms with Gasteiger partial charge in [0.15, 0.2) is 5.82 Å². The van der Waals surface area contributed by atoms with E-state index in [1.807, 2.05) is 0 Å². The second-order valence-electron chi connectivity index (χ2n) is 6.61. The van der Waals surface area contributed by atoms with E-state index in [1.165, 1.54) is 38.2 Å². The quantitative estimate of drug-likeness (QED) is 0.821. The third-order valence-corrected chi connectivity index (χ3v) is 4.75. The first-order chi connectivity index (χ1) is 9.13. The highest BCUT2D eigenvalue weighted by Crippen LogP contribution is 2.28. The number of nitrogens with zero attached hydrogens (tertiary/aromatic N) is 4. The number of aryl methyl sites for hydroxylation is 1. The molecule has 0 aliphatic carbocycles. The molecule has 1 aromatic rings. The van der Waals surface area contributed by atoms with Gasteiger partial charge in [0.05, 0.1) is 0 Å². The van der Waals surface area contributed by atoms with Crippen LogP contribution in [0.5, 0.6) is 0 Å². The van der Waals surface area contributed by atoms with Gasteiger partial charge >= 0.3 is 0 Å². The summed E-state index contributed by atoms with van der Waals surface area (Å²) >= 11 is 0. The Hall–Kier alpha value is -0.900. The molecule has 0 bridgehead atoms. The Kier molecular flexibility index (Phi) is 3.61. The Bertz CT molecular complexity index is 429. The Balaban J connectivity index is 1.67. The molecule has 4 nitrogen and oxygen atoms in total. The number of fused-ring (bicyclic) bond motifs is 1. The van der Waals surface area contributed by atoms with Crippen molar-refractivity contribution in [2.75, 3.05) is 13.1 Å². The zero-order valence-corrected chi connectivity index (χ0v) is 12.5.